The van der Waals surface area contributed by atoms with Gasteiger partial charge in [-0.3, -0.25) is 0 Å². The first-order valence-corrected chi connectivity index (χ1v) is 11.5. The normalized spacial score (nSPS) is 13.0. The predicted molar refractivity (Wildman–Crippen MR) is 108 cm³/mol. The Kier molecular flexibility index (Phi) is 6.18. The minimum Gasteiger partial charge on any atom is -0.496 e. The lowest BCUT2D eigenvalue weighted by Crippen LogP contribution is -2.22. The molecule has 3 rings (SSSR count). The number of hydrogen-bond acceptors (Lipinski definition) is 6. The number of fused-ring (bicyclic) bond motifs is 1. The molecule has 0 radical (unpaired) electrons. The monoisotopic (exact) mass is 408 g/mol. The van der Waals surface area contributed by atoms with E-state index in [2.05, 4.69) is 11.1 Å². The number of ether oxygens (including phenoxy) is 1. The number of aromatic nitrogens is 1. The van der Waals surface area contributed by atoms with E-state index < -0.39 is 15.3 Å². The maximum atomic E-state index is 12.1. The van der Waals surface area contributed by atoms with Gasteiger partial charge >= 0.3 is 0 Å². The van der Waals surface area contributed by atoms with Crippen LogP contribution in [0.15, 0.2) is 52.9 Å². The zero-order chi connectivity index (χ0) is 18.6. The second kappa shape index (κ2) is 8.39. The summed E-state index contributed by atoms with van der Waals surface area (Å²) in [5.74, 6) is 1.33. The molecule has 0 aliphatic rings. The molecule has 0 spiro atoms. The van der Waals surface area contributed by atoms with Crippen LogP contribution in [0.1, 0.15) is 23.7 Å². The SMILES string of the molecule is COc1ccccc1C(CCCSc1nc2ccccc2s1)S(N)(=O)=O. The van der Waals surface area contributed by atoms with E-state index >= 15 is 0 Å². The van der Waals surface area contributed by atoms with Crippen molar-refractivity contribution in [3.05, 3.63) is 54.1 Å². The summed E-state index contributed by atoms with van der Waals surface area (Å²) < 4.78 is 31.6. The summed E-state index contributed by atoms with van der Waals surface area (Å²) in [6, 6.07) is 15.1. The van der Waals surface area contributed by atoms with Crippen molar-refractivity contribution >= 4 is 43.3 Å². The number of thiazole rings is 1. The average molecular weight is 409 g/mol. The molecular formula is C18H20N2O3S3. The molecule has 0 aliphatic heterocycles. The van der Waals surface area contributed by atoms with Crippen molar-refractivity contribution in [3.63, 3.8) is 0 Å². The number of methoxy groups -OCH3 is 1. The number of rotatable bonds is 8. The fraction of sp³-hybridized carbons (Fsp3) is 0.278. The van der Waals surface area contributed by atoms with Crippen molar-refractivity contribution in [1.29, 1.82) is 0 Å². The van der Waals surface area contributed by atoms with Gasteiger partial charge in [0.25, 0.3) is 0 Å². The van der Waals surface area contributed by atoms with Crippen molar-refractivity contribution in [3.8, 4) is 5.75 Å². The summed E-state index contributed by atoms with van der Waals surface area (Å²) in [4.78, 5) is 4.58. The van der Waals surface area contributed by atoms with Gasteiger partial charge in [0.1, 0.15) is 11.0 Å². The van der Waals surface area contributed by atoms with Crippen molar-refractivity contribution in [2.45, 2.75) is 22.4 Å². The zero-order valence-corrected chi connectivity index (χ0v) is 16.7. The Bertz CT molecular complexity index is 953. The van der Waals surface area contributed by atoms with Crippen LogP contribution in [0.25, 0.3) is 10.2 Å². The molecule has 0 saturated carbocycles. The van der Waals surface area contributed by atoms with Crippen LogP contribution in [-0.2, 0) is 10.0 Å². The molecule has 0 fully saturated rings. The summed E-state index contributed by atoms with van der Waals surface area (Å²) in [5.41, 5.74) is 1.61. The van der Waals surface area contributed by atoms with Gasteiger partial charge < -0.3 is 4.74 Å². The fourth-order valence-corrected chi connectivity index (χ4v) is 5.91. The van der Waals surface area contributed by atoms with E-state index in [0.717, 1.165) is 20.3 Å². The summed E-state index contributed by atoms with van der Waals surface area (Å²) in [6.45, 7) is 0. The van der Waals surface area contributed by atoms with Crippen LogP contribution in [-0.4, -0.2) is 26.3 Å². The van der Waals surface area contributed by atoms with Crippen LogP contribution >= 0.6 is 23.1 Å². The van der Waals surface area contributed by atoms with Crippen LogP contribution in [0, 0.1) is 0 Å². The number of nitrogens with zero attached hydrogens (tertiary/aromatic N) is 1. The summed E-state index contributed by atoms with van der Waals surface area (Å²) in [6.07, 6.45) is 1.15. The fourth-order valence-electron chi connectivity index (χ4n) is 2.77. The van der Waals surface area contributed by atoms with Gasteiger partial charge in [-0.2, -0.15) is 0 Å². The van der Waals surface area contributed by atoms with Gasteiger partial charge in [-0.25, -0.2) is 18.5 Å². The number of para-hydroxylation sites is 2. The van der Waals surface area contributed by atoms with E-state index in [0.29, 0.717) is 24.2 Å². The molecule has 1 heterocycles. The molecule has 26 heavy (non-hydrogen) atoms. The lowest BCUT2D eigenvalue weighted by Gasteiger charge is -2.17. The lowest BCUT2D eigenvalue weighted by atomic mass is 10.1. The van der Waals surface area contributed by atoms with Crippen LogP contribution in [0.3, 0.4) is 0 Å². The molecule has 1 atom stereocenters. The van der Waals surface area contributed by atoms with Crippen molar-refractivity contribution in [1.82, 2.24) is 4.98 Å². The molecule has 5 nitrogen and oxygen atoms in total. The van der Waals surface area contributed by atoms with E-state index in [-0.39, 0.29) is 0 Å². The number of sulfonamides is 1. The first kappa shape index (κ1) is 19.2. The maximum absolute atomic E-state index is 12.1. The smallest absolute Gasteiger partial charge is 0.216 e. The van der Waals surface area contributed by atoms with Crippen LogP contribution < -0.4 is 9.88 Å². The van der Waals surface area contributed by atoms with Crippen molar-refractivity contribution in [2.24, 2.45) is 5.14 Å². The predicted octanol–water partition coefficient (Wildman–Crippen LogP) is 4.21. The highest BCUT2D eigenvalue weighted by atomic mass is 32.2. The molecule has 0 amide bonds. The van der Waals surface area contributed by atoms with Gasteiger partial charge in [0.05, 0.1) is 17.3 Å². The van der Waals surface area contributed by atoms with Crippen molar-refractivity contribution in [2.75, 3.05) is 12.9 Å². The third-order valence-electron chi connectivity index (χ3n) is 3.99. The minimum absolute atomic E-state index is 0.442. The summed E-state index contributed by atoms with van der Waals surface area (Å²) in [5, 5.41) is 4.71. The Balaban J connectivity index is 1.65. The molecule has 1 aromatic heterocycles. The molecule has 8 heteroatoms. The largest absolute Gasteiger partial charge is 0.496 e. The third kappa shape index (κ3) is 4.56. The van der Waals surface area contributed by atoms with Crippen LogP contribution in [0.5, 0.6) is 5.75 Å². The van der Waals surface area contributed by atoms with Gasteiger partial charge in [-0.1, -0.05) is 42.1 Å². The quantitative estimate of drug-likeness (QED) is 0.446. The van der Waals surface area contributed by atoms with Gasteiger partial charge in [-0.05, 0) is 31.0 Å². The highest BCUT2D eigenvalue weighted by Crippen LogP contribution is 2.34. The third-order valence-corrected chi connectivity index (χ3v) is 7.54. The Morgan fingerprint density at radius 2 is 1.92 bits per heavy atom. The Morgan fingerprint density at radius 3 is 2.65 bits per heavy atom. The molecule has 0 bridgehead atoms. The Labute approximate surface area is 161 Å². The number of primary sulfonamides is 1. The molecule has 138 valence electrons. The van der Waals surface area contributed by atoms with Gasteiger partial charge in [0.15, 0.2) is 4.34 Å². The second-order valence-electron chi connectivity index (χ2n) is 5.76. The summed E-state index contributed by atoms with van der Waals surface area (Å²) >= 11 is 3.30. The Morgan fingerprint density at radius 1 is 1.19 bits per heavy atom. The van der Waals surface area contributed by atoms with Crippen LogP contribution in [0.2, 0.25) is 0 Å². The Hall–Kier alpha value is -1.61. The van der Waals surface area contributed by atoms with Gasteiger partial charge in [0.2, 0.25) is 10.0 Å². The van der Waals surface area contributed by atoms with Crippen molar-refractivity contribution < 1.29 is 13.2 Å². The highest BCUT2D eigenvalue weighted by molar-refractivity contribution is 8.01. The molecular weight excluding hydrogens is 388 g/mol. The van der Waals surface area contributed by atoms with Gasteiger partial charge in [0, 0.05) is 11.3 Å². The molecule has 1 unspecified atom stereocenters. The summed E-state index contributed by atoms with van der Waals surface area (Å²) in [7, 11) is -2.19. The van der Waals surface area contributed by atoms with E-state index in [1.807, 2.05) is 24.3 Å². The van der Waals surface area contributed by atoms with E-state index in [1.54, 1.807) is 41.3 Å². The molecule has 2 aromatic carbocycles. The second-order valence-corrected chi connectivity index (χ2v) is 9.88. The topological polar surface area (TPSA) is 82.3 Å². The number of hydrogen-bond donors (Lipinski definition) is 1. The first-order valence-electron chi connectivity index (χ1n) is 8.12. The van der Waals surface area contributed by atoms with E-state index in [4.69, 9.17) is 9.88 Å². The highest BCUT2D eigenvalue weighted by Gasteiger charge is 2.26. The average Bonchev–Trinajstić information content (AvgIpc) is 3.03. The van der Waals surface area contributed by atoms with E-state index in [1.165, 1.54) is 7.11 Å². The molecule has 2 N–H and O–H groups in total. The maximum Gasteiger partial charge on any atom is 0.216 e. The molecule has 3 aromatic rings. The number of thioether (sulfide) groups is 1. The number of nitrogens with two attached hydrogens (primary N) is 1. The zero-order valence-electron chi connectivity index (χ0n) is 14.3. The number of benzene rings is 2. The molecule has 0 saturated heterocycles. The lowest BCUT2D eigenvalue weighted by molar-refractivity contribution is 0.407. The van der Waals surface area contributed by atoms with E-state index in [9.17, 15) is 8.42 Å². The first-order chi connectivity index (χ1) is 12.5. The van der Waals surface area contributed by atoms with Gasteiger partial charge in [-0.15, -0.1) is 11.3 Å². The molecule has 0 aliphatic carbocycles. The standard InChI is InChI=1S/C18H20N2O3S3/c1-23-15-9-4-2-7-13(15)17(26(19,21)22)11-6-12-24-18-20-14-8-3-5-10-16(14)25-18/h2-5,7-10,17H,6,11-12H2,1H3,(H2,19,21,22). The minimum atomic E-state index is -3.72. The van der Waals surface area contributed by atoms with Crippen LogP contribution in [0.4, 0.5) is 0 Å².